The van der Waals surface area contributed by atoms with Crippen molar-refractivity contribution in [3.63, 3.8) is 0 Å². The lowest BCUT2D eigenvalue weighted by Gasteiger charge is -2.16. The normalized spacial score (nSPS) is 11.4. The van der Waals surface area contributed by atoms with Crippen LogP contribution in [0, 0.1) is 11.8 Å². The largest absolute Gasteiger partial charge is 0.465 e. The van der Waals surface area contributed by atoms with E-state index in [-0.39, 0.29) is 19.1 Å². The number of hydrogen-bond donors (Lipinski definition) is 3. The zero-order chi connectivity index (χ0) is 20.5. The highest BCUT2D eigenvalue weighted by Crippen LogP contribution is 2.07. The summed E-state index contributed by atoms with van der Waals surface area (Å²) in [4.78, 5) is 34.6. The number of amides is 2. The molecule has 2 amide bonds. The number of carbonyl (C=O) groups is 3. The Bertz CT molecular complexity index is 395. The summed E-state index contributed by atoms with van der Waals surface area (Å²) in [5.41, 5.74) is 0. The standard InChI is InChI=1S/C15H28N2O5.C4H10/c1-4-22-14(20)9-16-15(21)12(10-18)17-13(19)8-6-5-7-11(2)3;1-4(2)3/h11-12,18H,4-10H2,1-3H3,(H,16,21)(H,17,19);4H,1-3H3. The van der Waals surface area contributed by atoms with Gasteiger partial charge in [0.25, 0.3) is 0 Å². The van der Waals surface area contributed by atoms with E-state index < -0.39 is 24.5 Å². The SMILES string of the molecule is CC(C)C.CCOC(=O)CNC(=O)C(CO)NC(=O)CCCCC(C)C. The zero-order valence-electron chi connectivity index (χ0n) is 17.3. The molecule has 0 aromatic carbocycles. The van der Waals surface area contributed by atoms with Crippen molar-refractivity contribution in [1.82, 2.24) is 10.6 Å². The molecule has 0 aromatic rings. The first kappa shape index (κ1) is 26.6. The molecular weight excluding hydrogens is 336 g/mol. The Hall–Kier alpha value is -1.63. The highest BCUT2D eigenvalue weighted by Gasteiger charge is 2.20. The molecule has 0 saturated heterocycles. The number of ether oxygens (including phenoxy) is 1. The fourth-order valence-corrected chi connectivity index (χ4v) is 1.79. The van der Waals surface area contributed by atoms with Crippen molar-refractivity contribution in [2.45, 2.75) is 73.3 Å². The Morgan fingerprint density at radius 1 is 1.04 bits per heavy atom. The maximum absolute atomic E-state index is 11.7. The van der Waals surface area contributed by atoms with Gasteiger partial charge < -0.3 is 20.5 Å². The lowest BCUT2D eigenvalue weighted by Crippen LogP contribution is -2.50. The van der Waals surface area contributed by atoms with Gasteiger partial charge in [-0.3, -0.25) is 14.4 Å². The van der Waals surface area contributed by atoms with Crippen LogP contribution in [0.15, 0.2) is 0 Å². The fourth-order valence-electron chi connectivity index (χ4n) is 1.79. The summed E-state index contributed by atoms with van der Waals surface area (Å²) in [5, 5.41) is 13.9. The topological polar surface area (TPSA) is 105 Å². The first-order valence-corrected chi connectivity index (χ1v) is 9.47. The molecule has 0 aliphatic rings. The Morgan fingerprint density at radius 3 is 2.08 bits per heavy atom. The maximum atomic E-state index is 11.7. The minimum absolute atomic E-state index is 0.227. The molecule has 0 spiro atoms. The second-order valence-electron chi connectivity index (χ2n) is 7.20. The van der Waals surface area contributed by atoms with Crippen LogP contribution < -0.4 is 10.6 Å². The van der Waals surface area contributed by atoms with Crippen LogP contribution >= 0.6 is 0 Å². The van der Waals surface area contributed by atoms with Crippen LogP contribution in [0.4, 0.5) is 0 Å². The Morgan fingerprint density at radius 2 is 1.62 bits per heavy atom. The third kappa shape index (κ3) is 18.7. The number of carbonyl (C=O) groups excluding carboxylic acids is 3. The van der Waals surface area contributed by atoms with E-state index in [9.17, 15) is 14.4 Å². The van der Waals surface area contributed by atoms with Crippen molar-refractivity contribution in [2.24, 2.45) is 11.8 Å². The van der Waals surface area contributed by atoms with Gasteiger partial charge in [0.2, 0.25) is 11.8 Å². The summed E-state index contributed by atoms with van der Waals surface area (Å²) in [5.74, 6) is -0.0189. The third-order valence-corrected chi connectivity index (χ3v) is 2.98. The van der Waals surface area contributed by atoms with Gasteiger partial charge >= 0.3 is 5.97 Å². The molecular formula is C19H38N2O5. The van der Waals surface area contributed by atoms with Crippen LogP contribution in [0.2, 0.25) is 0 Å². The van der Waals surface area contributed by atoms with Gasteiger partial charge in [0.15, 0.2) is 0 Å². The molecule has 1 unspecified atom stereocenters. The summed E-state index contributed by atoms with van der Waals surface area (Å²) in [6.07, 6.45) is 3.06. The molecule has 7 nitrogen and oxygen atoms in total. The van der Waals surface area contributed by atoms with Crippen molar-refractivity contribution < 1.29 is 24.2 Å². The van der Waals surface area contributed by atoms with E-state index in [1.165, 1.54) is 0 Å². The molecule has 0 aliphatic carbocycles. The molecule has 0 fully saturated rings. The quantitative estimate of drug-likeness (QED) is 0.379. The molecule has 0 aromatic heterocycles. The van der Waals surface area contributed by atoms with E-state index in [2.05, 4.69) is 50.0 Å². The van der Waals surface area contributed by atoms with Gasteiger partial charge in [0.1, 0.15) is 12.6 Å². The van der Waals surface area contributed by atoms with Crippen molar-refractivity contribution in [1.29, 1.82) is 0 Å². The van der Waals surface area contributed by atoms with Gasteiger partial charge in [0, 0.05) is 6.42 Å². The molecule has 154 valence electrons. The van der Waals surface area contributed by atoms with Crippen molar-refractivity contribution in [2.75, 3.05) is 19.8 Å². The molecule has 0 rings (SSSR count). The minimum Gasteiger partial charge on any atom is -0.465 e. The third-order valence-electron chi connectivity index (χ3n) is 2.98. The summed E-state index contributed by atoms with van der Waals surface area (Å²) >= 11 is 0. The van der Waals surface area contributed by atoms with Gasteiger partial charge in [-0.05, 0) is 25.2 Å². The van der Waals surface area contributed by atoms with E-state index in [0.717, 1.165) is 25.2 Å². The first-order valence-electron chi connectivity index (χ1n) is 9.47. The predicted octanol–water partition coefficient (Wildman–Crippen LogP) is 2.02. The lowest BCUT2D eigenvalue weighted by atomic mass is 10.1. The van der Waals surface area contributed by atoms with Crippen LogP contribution in [0.1, 0.15) is 67.2 Å². The molecule has 0 aliphatic heterocycles. The first-order chi connectivity index (χ1) is 12.1. The monoisotopic (exact) mass is 374 g/mol. The van der Waals surface area contributed by atoms with E-state index >= 15 is 0 Å². The molecule has 0 bridgehead atoms. The summed E-state index contributed by atoms with van der Waals surface area (Å²) in [7, 11) is 0. The van der Waals surface area contributed by atoms with Gasteiger partial charge in [-0.1, -0.05) is 47.5 Å². The number of hydrogen-bond acceptors (Lipinski definition) is 5. The number of aliphatic hydroxyl groups is 1. The molecule has 3 N–H and O–H groups in total. The van der Waals surface area contributed by atoms with Gasteiger partial charge in [-0.15, -0.1) is 0 Å². The van der Waals surface area contributed by atoms with Crippen molar-refractivity contribution in [3.05, 3.63) is 0 Å². The molecule has 7 heteroatoms. The van der Waals surface area contributed by atoms with Gasteiger partial charge in [0.05, 0.1) is 13.2 Å². The summed E-state index contributed by atoms with van der Waals surface area (Å²) in [6.45, 7) is 11.8. The summed E-state index contributed by atoms with van der Waals surface area (Å²) in [6, 6.07) is -1.05. The van der Waals surface area contributed by atoms with Crippen molar-refractivity contribution in [3.8, 4) is 0 Å². The minimum atomic E-state index is -1.05. The fraction of sp³-hybridized carbons (Fsp3) is 0.842. The van der Waals surface area contributed by atoms with E-state index in [0.29, 0.717) is 12.3 Å². The van der Waals surface area contributed by atoms with E-state index in [1.807, 2.05) is 0 Å². The number of rotatable bonds is 11. The number of nitrogens with one attached hydrogen (secondary N) is 2. The Balaban J connectivity index is 0. The molecule has 0 heterocycles. The van der Waals surface area contributed by atoms with Crippen LogP contribution in [-0.4, -0.2) is 48.7 Å². The summed E-state index contributed by atoms with van der Waals surface area (Å²) < 4.78 is 4.67. The predicted molar refractivity (Wildman–Crippen MR) is 102 cm³/mol. The zero-order valence-corrected chi connectivity index (χ0v) is 17.3. The van der Waals surface area contributed by atoms with Crippen LogP contribution in [0.5, 0.6) is 0 Å². The number of aliphatic hydroxyl groups excluding tert-OH is 1. The number of unbranched alkanes of at least 4 members (excludes halogenated alkanes) is 1. The van der Waals surface area contributed by atoms with Crippen LogP contribution in [0.25, 0.3) is 0 Å². The van der Waals surface area contributed by atoms with Crippen molar-refractivity contribution >= 4 is 17.8 Å². The highest BCUT2D eigenvalue weighted by atomic mass is 16.5. The van der Waals surface area contributed by atoms with Crippen LogP contribution in [0.3, 0.4) is 0 Å². The van der Waals surface area contributed by atoms with E-state index in [4.69, 9.17) is 5.11 Å². The van der Waals surface area contributed by atoms with Gasteiger partial charge in [-0.2, -0.15) is 0 Å². The second kappa shape index (κ2) is 16.8. The average molecular weight is 375 g/mol. The lowest BCUT2D eigenvalue weighted by molar-refractivity contribution is -0.143. The highest BCUT2D eigenvalue weighted by molar-refractivity contribution is 5.89. The molecule has 0 radical (unpaired) electrons. The number of esters is 1. The van der Waals surface area contributed by atoms with E-state index in [1.54, 1.807) is 6.92 Å². The van der Waals surface area contributed by atoms with Gasteiger partial charge in [-0.25, -0.2) is 0 Å². The van der Waals surface area contributed by atoms with Crippen LogP contribution in [-0.2, 0) is 19.1 Å². The maximum Gasteiger partial charge on any atom is 0.325 e. The average Bonchev–Trinajstić information content (AvgIpc) is 2.54. The molecule has 0 saturated carbocycles. The Labute approximate surface area is 158 Å². The second-order valence-corrected chi connectivity index (χ2v) is 7.20. The Kier molecular flexibility index (Phi) is 17.2. The smallest absolute Gasteiger partial charge is 0.325 e. The molecule has 1 atom stereocenters. The molecule has 26 heavy (non-hydrogen) atoms.